The van der Waals surface area contributed by atoms with Crippen molar-refractivity contribution in [3.05, 3.63) is 35.9 Å². The number of nitrogens with one attached hydrogen (secondary N) is 1. The normalized spacial score (nSPS) is 17.7. The van der Waals surface area contributed by atoms with Gasteiger partial charge in [0.1, 0.15) is 0 Å². The van der Waals surface area contributed by atoms with E-state index in [1.165, 1.54) is 12.0 Å². The van der Waals surface area contributed by atoms with Gasteiger partial charge in [-0.3, -0.25) is 9.89 Å². The molecule has 1 aliphatic rings. The van der Waals surface area contributed by atoms with Gasteiger partial charge in [0, 0.05) is 32.7 Å². The predicted molar refractivity (Wildman–Crippen MR) is 116 cm³/mol. The molecule has 1 N–H and O–H groups in total. The van der Waals surface area contributed by atoms with Crippen molar-refractivity contribution in [1.82, 2.24) is 15.1 Å². The van der Waals surface area contributed by atoms with Gasteiger partial charge < -0.3 is 15.0 Å². The van der Waals surface area contributed by atoms with Gasteiger partial charge in [-0.25, -0.2) is 0 Å². The first-order chi connectivity index (χ1) is 11.8. The van der Waals surface area contributed by atoms with Gasteiger partial charge >= 0.3 is 0 Å². The molecule has 1 aromatic carbocycles. The van der Waals surface area contributed by atoms with Crippen LogP contribution >= 0.6 is 24.0 Å². The van der Waals surface area contributed by atoms with E-state index in [1.807, 2.05) is 25.2 Å². The number of likely N-dealkylation sites (N-methyl/N-ethyl adjacent to an activating group) is 1. The average Bonchev–Trinajstić information content (AvgIpc) is 3.10. The van der Waals surface area contributed by atoms with Crippen LogP contribution in [0.15, 0.2) is 35.3 Å². The highest BCUT2D eigenvalue weighted by atomic mass is 127. The van der Waals surface area contributed by atoms with E-state index in [9.17, 15) is 0 Å². The maximum atomic E-state index is 5.73. The van der Waals surface area contributed by atoms with E-state index in [0.29, 0.717) is 19.3 Å². The molecule has 142 valence electrons. The van der Waals surface area contributed by atoms with Crippen molar-refractivity contribution in [2.75, 3.05) is 46.4 Å². The summed E-state index contributed by atoms with van der Waals surface area (Å²) in [4.78, 5) is 9.33. The fourth-order valence-electron chi connectivity index (χ4n) is 3.30. The number of guanidine groups is 1. The number of hydrogen-bond acceptors (Lipinski definition) is 3. The third-order valence-electron chi connectivity index (χ3n) is 4.64. The lowest BCUT2D eigenvalue weighted by molar-refractivity contribution is 0.125. The minimum absolute atomic E-state index is 0. The molecule has 1 atom stereocenters. The number of hydrogen-bond donors (Lipinski definition) is 1. The Morgan fingerprint density at radius 1 is 1.28 bits per heavy atom. The summed E-state index contributed by atoms with van der Waals surface area (Å²) < 4.78 is 5.73. The maximum Gasteiger partial charge on any atom is 0.193 e. The van der Waals surface area contributed by atoms with E-state index >= 15 is 0 Å². The summed E-state index contributed by atoms with van der Waals surface area (Å²) in [5.74, 6) is 0.993. The summed E-state index contributed by atoms with van der Waals surface area (Å²) in [6.07, 6.45) is 1.22. The second-order valence-corrected chi connectivity index (χ2v) is 6.12. The summed E-state index contributed by atoms with van der Waals surface area (Å²) in [5, 5.41) is 3.43. The first-order valence-electron chi connectivity index (χ1n) is 9.09. The zero-order valence-corrected chi connectivity index (χ0v) is 18.1. The molecular weight excluding hydrogens is 427 g/mol. The molecule has 5 nitrogen and oxygen atoms in total. The molecule has 2 rings (SSSR count). The Balaban J connectivity index is 0.00000312. The zero-order valence-electron chi connectivity index (χ0n) is 15.8. The van der Waals surface area contributed by atoms with Crippen LogP contribution in [-0.2, 0) is 11.3 Å². The van der Waals surface area contributed by atoms with Crippen molar-refractivity contribution in [2.45, 2.75) is 32.9 Å². The summed E-state index contributed by atoms with van der Waals surface area (Å²) >= 11 is 0. The fraction of sp³-hybridized carbons (Fsp3) is 0.632. The molecule has 0 amide bonds. The van der Waals surface area contributed by atoms with Crippen LogP contribution in [0.5, 0.6) is 0 Å². The second kappa shape index (κ2) is 12.5. The summed E-state index contributed by atoms with van der Waals surface area (Å²) in [5.41, 5.74) is 1.21. The van der Waals surface area contributed by atoms with Crippen LogP contribution in [-0.4, -0.2) is 68.2 Å². The van der Waals surface area contributed by atoms with Crippen LogP contribution < -0.4 is 5.32 Å². The Bertz CT molecular complexity index is 493. The number of likely N-dealkylation sites (tertiary alicyclic amines) is 1. The highest BCUT2D eigenvalue weighted by Crippen LogP contribution is 2.15. The SMILES string of the molecule is CCN(CC)C1CCN(C(=NC)NCCOCc2ccccc2)C1.I. The number of nitrogens with zero attached hydrogens (tertiary/aromatic N) is 3. The zero-order chi connectivity index (χ0) is 17.2. The molecule has 0 radical (unpaired) electrons. The van der Waals surface area contributed by atoms with E-state index in [-0.39, 0.29) is 24.0 Å². The van der Waals surface area contributed by atoms with Crippen molar-refractivity contribution in [1.29, 1.82) is 0 Å². The molecule has 25 heavy (non-hydrogen) atoms. The molecule has 1 fully saturated rings. The van der Waals surface area contributed by atoms with Crippen molar-refractivity contribution in [3.63, 3.8) is 0 Å². The standard InChI is InChI=1S/C19H32N4O.HI/c1-4-22(5-2)18-11-13-23(15-18)19(20-3)21-12-14-24-16-17-9-7-6-8-10-17;/h6-10,18H,4-5,11-16H2,1-3H3,(H,20,21);1H. The monoisotopic (exact) mass is 460 g/mol. The van der Waals surface area contributed by atoms with Crippen molar-refractivity contribution in [2.24, 2.45) is 4.99 Å². The van der Waals surface area contributed by atoms with Gasteiger partial charge in [-0.1, -0.05) is 44.2 Å². The molecule has 1 heterocycles. The molecular formula is C19H33IN4O. The topological polar surface area (TPSA) is 40.1 Å². The minimum atomic E-state index is 0. The molecule has 0 aliphatic carbocycles. The van der Waals surface area contributed by atoms with Gasteiger partial charge in [0.05, 0.1) is 13.2 Å². The van der Waals surface area contributed by atoms with Gasteiger partial charge in [0.15, 0.2) is 5.96 Å². The van der Waals surface area contributed by atoms with E-state index in [0.717, 1.165) is 38.7 Å². The number of halogens is 1. The first-order valence-corrected chi connectivity index (χ1v) is 9.09. The van der Waals surface area contributed by atoms with Gasteiger partial charge in [0.25, 0.3) is 0 Å². The smallest absolute Gasteiger partial charge is 0.193 e. The van der Waals surface area contributed by atoms with Gasteiger partial charge in [-0.05, 0) is 25.1 Å². The number of benzene rings is 1. The first kappa shape index (κ1) is 22.2. The Kier molecular flexibility index (Phi) is 11.1. The number of ether oxygens (including phenoxy) is 1. The van der Waals surface area contributed by atoms with Crippen LogP contribution in [0.2, 0.25) is 0 Å². The lowest BCUT2D eigenvalue weighted by Crippen LogP contribution is -2.44. The molecule has 1 saturated heterocycles. The maximum absolute atomic E-state index is 5.73. The second-order valence-electron chi connectivity index (χ2n) is 6.12. The average molecular weight is 460 g/mol. The van der Waals surface area contributed by atoms with Crippen LogP contribution in [0, 0.1) is 0 Å². The summed E-state index contributed by atoms with van der Waals surface area (Å²) in [6, 6.07) is 10.9. The van der Waals surface area contributed by atoms with Crippen molar-refractivity contribution in [3.8, 4) is 0 Å². The molecule has 0 spiro atoms. The van der Waals surface area contributed by atoms with Gasteiger partial charge in [0.2, 0.25) is 0 Å². The minimum Gasteiger partial charge on any atom is -0.375 e. The molecule has 0 bridgehead atoms. The molecule has 0 aromatic heterocycles. The third kappa shape index (κ3) is 7.11. The van der Waals surface area contributed by atoms with E-state index in [4.69, 9.17) is 4.74 Å². The number of aliphatic imine (C=N–C) groups is 1. The van der Waals surface area contributed by atoms with Gasteiger partial charge in [-0.2, -0.15) is 0 Å². The molecule has 1 aliphatic heterocycles. The summed E-state index contributed by atoms with van der Waals surface area (Å²) in [7, 11) is 1.86. The summed E-state index contributed by atoms with van der Waals surface area (Å²) in [6.45, 7) is 11.0. The largest absolute Gasteiger partial charge is 0.375 e. The quantitative estimate of drug-likeness (QED) is 0.281. The third-order valence-corrected chi connectivity index (χ3v) is 4.64. The van der Waals surface area contributed by atoms with Crippen LogP contribution in [0.4, 0.5) is 0 Å². The lowest BCUT2D eigenvalue weighted by atomic mass is 10.2. The van der Waals surface area contributed by atoms with Gasteiger partial charge in [-0.15, -0.1) is 24.0 Å². The molecule has 1 aromatic rings. The van der Waals surface area contributed by atoms with E-state index in [2.05, 4.69) is 46.1 Å². The van der Waals surface area contributed by atoms with Crippen LogP contribution in [0.3, 0.4) is 0 Å². The van der Waals surface area contributed by atoms with Crippen molar-refractivity contribution >= 4 is 29.9 Å². The highest BCUT2D eigenvalue weighted by molar-refractivity contribution is 14.0. The molecule has 1 unspecified atom stereocenters. The van der Waals surface area contributed by atoms with E-state index in [1.54, 1.807) is 0 Å². The Hall–Kier alpha value is -0.860. The lowest BCUT2D eigenvalue weighted by Gasteiger charge is -2.27. The van der Waals surface area contributed by atoms with E-state index < -0.39 is 0 Å². The van der Waals surface area contributed by atoms with Crippen molar-refractivity contribution < 1.29 is 4.74 Å². The molecule has 6 heteroatoms. The predicted octanol–water partition coefficient (Wildman–Crippen LogP) is 2.81. The van der Waals surface area contributed by atoms with Crippen LogP contribution in [0.25, 0.3) is 0 Å². The number of rotatable bonds is 8. The highest BCUT2D eigenvalue weighted by Gasteiger charge is 2.27. The van der Waals surface area contributed by atoms with Crippen LogP contribution in [0.1, 0.15) is 25.8 Å². The Labute approximate surface area is 169 Å². The molecule has 0 saturated carbocycles. The Morgan fingerprint density at radius 2 is 2.00 bits per heavy atom. The fourth-order valence-corrected chi connectivity index (χ4v) is 3.30. The Morgan fingerprint density at radius 3 is 2.64 bits per heavy atom.